The Labute approximate surface area is 140 Å². The summed E-state index contributed by atoms with van der Waals surface area (Å²) in [5.74, 6) is 0.193. The molecule has 1 amide bonds. The molecule has 128 valence electrons. The van der Waals surface area contributed by atoms with Crippen LogP contribution < -0.4 is 10.9 Å². The summed E-state index contributed by atoms with van der Waals surface area (Å²) < 4.78 is 1.56. The van der Waals surface area contributed by atoms with Crippen LogP contribution in [-0.2, 0) is 11.8 Å². The van der Waals surface area contributed by atoms with Gasteiger partial charge in [-0.15, -0.1) is 6.58 Å². The first-order chi connectivity index (χ1) is 11.5. The number of amides is 1. The highest BCUT2D eigenvalue weighted by Crippen LogP contribution is 2.40. The molecule has 0 aromatic carbocycles. The van der Waals surface area contributed by atoms with Crippen LogP contribution in [0.1, 0.15) is 44.2 Å². The van der Waals surface area contributed by atoms with Gasteiger partial charge >= 0.3 is 0 Å². The van der Waals surface area contributed by atoms with Crippen LogP contribution in [-0.4, -0.2) is 20.7 Å². The van der Waals surface area contributed by atoms with E-state index in [0.29, 0.717) is 23.1 Å². The van der Waals surface area contributed by atoms with Crippen LogP contribution in [0.15, 0.2) is 23.5 Å². The summed E-state index contributed by atoms with van der Waals surface area (Å²) >= 11 is 0. The Morgan fingerprint density at radius 3 is 2.83 bits per heavy atom. The molecule has 0 bridgehead atoms. The van der Waals surface area contributed by atoms with E-state index >= 15 is 0 Å². The van der Waals surface area contributed by atoms with Crippen molar-refractivity contribution in [3.05, 3.63) is 34.8 Å². The van der Waals surface area contributed by atoms with Gasteiger partial charge in [-0.1, -0.05) is 25.3 Å². The Morgan fingerprint density at radius 2 is 2.17 bits per heavy atom. The van der Waals surface area contributed by atoms with Crippen molar-refractivity contribution in [3.8, 4) is 0 Å². The van der Waals surface area contributed by atoms with Crippen LogP contribution in [0.4, 0.5) is 5.82 Å². The van der Waals surface area contributed by atoms with Gasteiger partial charge in [0.2, 0.25) is 5.91 Å². The van der Waals surface area contributed by atoms with E-state index in [2.05, 4.69) is 22.1 Å². The lowest BCUT2D eigenvalue weighted by atomic mass is 9.72. The molecule has 0 radical (unpaired) electrons. The van der Waals surface area contributed by atoms with E-state index in [1.54, 1.807) is 11.6 Å². The Kier molecular flexibility index (Phi) is 4.30. The van der Waals surface area contributed by atoms with E-state index < -0.39 is 0 Å². The second-order valence-electron chi connectivity index (χ2n) is 6.86. The number of hydrogen-bond acceptors (Lipinski definition) is 3. The minimum absolute atomic E-state index is 0.118. The van der Waals surface area contributed by atoms with E-state index in [4.69, 9.17) is 0 Å². The third kappa shape index (κ3) is 2.88. The van der Waals surface area contributed by atoms with Crippen molar-refractivity contribution in [3.63, 3.8) is 0 Å². The first kappa shape index (κ1) is 16.5. The molecule has 0 spiro atoms. The molecule has 0 atom stereocenters. The van der Waals surface area contributed by atoms with Gasteiger partial charge in [0.1, 0.15) is 5.39 Å². The predicted octanol–water partition coefficient (Wildman–Crippen LogP) is 3.04. The molecule has 2 aromatic heterocycles. The number of pyridine rings is 1. The molecule has 1 saturated carbocycles. The van der Waals surface area contributed by atoms with Crippen LogP contribution >= 0.6 is 0 Å². The SMILES string of the molecule is C=CC1(CC(=O)Nc2n[nH]c3cc(C)n(C)c(=O)c23)CCCCC1. The molecule has 1 aliphatic rings. The summed E-state index contributed by atoms with van der Waals surface area (Å²) in [4.78, 5) is 25.0. The van der Waals surface area contributed by atoms with Gasteiger partial charge < -0.3 is 9.88 Å². The number of aromatic nitrogens is 3. The van der Waals surface area contributed by atoms with Crippen molar-refractivity contribution in [2.45, 2.75) is 45.4 Å². The minimum Gasteiger partial charge on any atom is -0.315 e. The highest BCUT2D eigenvalue weighted by Gasteiger charge is 2.31. The molecule has 3 rings (SSSR count). The molecule has 0 saturated heterocycles. The minimum atomic E-state index is -0.162. The molecule has 1 fully saturated rings. The van der Waals surface area contributed by atoms with Gasteiger partial charge in [-0.25, -0.2) is 0 Å². The van der Waals surface area contributed by atoms with Crippen LogP contribution in [0.25, 0.3) is 10.9 Å². The highest BCUT2D eigenvalue weighted by molar-refractivity contribution is 5.99. The third-order valence-electron chi connectivity index (χ3n) is 5.25. The van der Waals surface area contributed by atoms with Crippen molar-refractivity contribution in [1.82, 2.24) is 14.8 Å². The van der Waals surface area contributed by atoms with Crippen molar-refractivity contribution in [2.75, 3.05) is 5.32 Å². The van der Waals surface area contributed by atoms with E-state index in [9.17, 15) is 9.59 Å². The molecular weight excluding hydrogens is 304 g/mol. The Bertz CT molecular complexity index is 841. The number of allylic oxidation sites excluding steroid dienone is 1. The number of aromatic amines is 1. The average Bonchev–Trinajstić information content (AvgIpc) is 2.96. The second-order valence-corrected chi connectivity index (χ2v) is 6.86. The summed E-state index contributed by atoms with van der Waals surface area (Å²) in [6, 6.07) is 1.85. The van der Waals surface area contributed by atoms with E-state index in [1.165, 1.54) is 6.42 Å². The van der Waals surface area contributed by atoms with Crippen LogP contribution in [0.2, 0.25) is 0 Å². The quantitative estimate of drug-likeness (QED) is 0.847. The largest absolute Gasteiger partial charge is 0.315 e. The maximum absolute atomic E-state index is 12.5. The summed E-state index contributed by atoms with van der Waals surface area (Å²) in [6.45, 7) is 5.79. The summed E-state index contributed by atoms with van der Waals surface area (Å²) in [5, 5.41) is 10.2. The molecule has 0 unspecified atom stereocenters. The van der Waals surface area contributed by atoms with Gasteiger partial charge in [0.15, 0.2) is 5.82 Å². The lowest BCUT2D eigenvalue weighted by Crippen LogP contribution is -2.28. The van der Waals surface area contributed by atoms with Crippen LogP contribution in [0, 0.1) is 12.3 Å². The lowest BCUT2D eigenvalue weighted by Gasteiger charge is -2.33. The van der Waals surface area contributed by atoms with Crippen LogP contribution in [0.3, 0.4) is 0 Å². The van der Waals surface area contributed by atoms with Crippen molar-refractivity contribution in [1.29, 1.82) is 0 Å². The summed E-state index contributed by atoms with van der Waals surface area (Å²) in [5.41, 5.74) is 1.18. The topological polar surface area (TPSA) is 79.8 Å². The van der Waals surface area contributed by atoms with Crippen LogP contribution in [0.5, 0.6) is 0 Å². The zero-order valence-electron chi connectivity index (χ0n) is 14.3. The fourth-order valence-corrected chi connectivity index (χ4v) is 3.61. The molecule has 2 heterocycles. The van der Waals surface area contributed by atoms with Gasteiger partial charge in [0.05, 0.1) is 5.52 Å². The summed E-state index contributed by atoms with van der Waals surface area (Å²) in [7, 11) is 1.71. The zero-order chi connectivity index (χ0) is 17.3. The van der Waals surface area contributed by atoms with Gasteiger partial charge in [-0.3, -0.25) is 14.7 Å². The molecule has 2 N–H and O–H groups in total. The van der Waals surface area contributed by atoms with Gasteiger partial charge in [-0.05, 0) is 31.2 Å². The van der Waals surface area contributed by atoms with Gasteiger partial charge in [0, 0.05) is 19.2 Å². The number of aryl methyl sites for hydroxylation is 1. The number of nitrogens with zero attached hydrogens (tertiary/aromatic N) is 2. The molecule has 6 nitrogen and oxygen atoms in total. The van der Waals surface area contributed by atoms with Gasteiger partial charge in [-0.2, -0.15) is 5.10 Å². The normalized spacial score (nSPS) is 16.9. The number of hydrogen-bond donors (Lipinski definition) is 2. The van der Waals surface area contributed by atoms with Gasteiger partial charge in [0.25, 0.3) is 5.56 Å². The smallest absolute Gasteiger partial charge is 0.263 e. The van der Waals surface area contributed by atoms with E-state index in [0.717, 1.165) is 31.4 Å². The van der Waals surface area contributed by atoms with Crippen molar-refractivity contribution < 1.29 is 4.79 Å². The van der Waals surface area contributed by atoms with Crippen molar-refractivity contribution in [2.24, 2.45) is 12.5 Å². The zero-order valence-corrected chi connectivity index (χ0v) is 14.3. The number of nitrogens with one attached hydrogen (secondary N) is 2. The molecule has 6 heteroatoms. The Morgan fingerprint density at radius 1 is 1.46 bits per heavy atom. The maximum Gasteiger partial charge on any atom is 0.263 e. The first-order valence-corrected chi connectivity index (χ1v) is 8.44. The second kappa shape index (κ2) is 6.26. The third-order valence-corrected chi connectivity index (χ3v) is 5.25. The molecule has 1 aliphatic carbocycles. The number of rotatable bonds is 4. The van der Waals surface area contributed by atoms with E-state index in [1.807, 2.05) is 19.1 Å². The fourth-order valence-electron chi connectivity index (χ4n) is 3.61. The first-order valence-electron chi connectivity index (χ1n) is 8.44. The molecule has 0 aliphatic heterocycles. The Balaban J connectivity index is 1.85. The summed E-state index contributed by atoms with van der Waals surface area (Å²) in [6.07, 6.45) is 7.78. The highest BCUT2D eigenvalue weighted by atomic mass is 16.2. The number of carbonyl (C=O) groups is 1. The fraction of sp³-hybridized carbons (Fsp3) is 0.500. The molecule has 2 aromatic rings. The number of H-pyrrole nitrogens is 1. The molecule has 24 heavy (non-hydrogen) atoms. The number of carbonyl (C=O) groups excluding carboxylic acids is 1. The molecular formula is C18H24N4O2. The number of fused-ring (bicyclic) bond motifs is 1. The Hall–Kier alpha value is -2.37. The number of anilines is 1. The van der Waals surface area contributed by atoms with E-state index in [-0.39, 0.29) is 16.9 Å². The van der Waals surface area contributed by atoms with Crippen molar-refractivity contribution >= 4 is 22.6 Å². The lowest BCUT2D eigenvalue weighted by molar-refractivity contribution is -0.118. The monoisotopic (exact) mass is 328 g/mol. The average molecular weight is 328 g/mol. The predicted molar refractivity (Wildman–Crippen MR) is 95.0 cm³/mol. The maximum atomic E-state index is 12.5. The standard InChI is InChI=1S/C18H24N4O2/c1-4-18(8-6-5-7-9-18)11-14(23)19-16-15-13(20-21-16)10-12(2)22(3)17(15)24/h4,10H,1,5-9,11H2,2-3H3,(H2,19,20,21,23).